The summed E-state index contributed by atoms with van der Waals surface area (Å²) in [7, 11) is 0. The van der Waals surface area contributed by atoms with E-state index in [4.69, 9.17) is 0 Å². The molecule has 4 heteroatoms. The van der Waals surface area contributed by atoms with Crippen molar-refractivity contribution in [1.82, 2.24) is 15.5 Å². The van der Waals surface area contributed by atoms with Crippen LogP contribution in [0.4, 0.5) is 0 Å². The summed E-state index contributed by atoms with van der Waals surface area (Å²) in [6.45, 7) is 8.24. The van der Waals surface area contributed by atoms with Crippen molar-refractivity contribution in [1.29, 1.82) is 0 Å². The molecule has 2 aliphatic rings. The van der Waals surface area contributed by atoms with Crippen LogP contribution in [0.25, 0.3) is 0 Å². The zero-order valence-corrected chi connectivity index (χ0v) is 11.9. The van der Waals surface area contributed by atoms with Crippen LogP contribution in [0.15, 0.2) is 0 Å². The third-order valence-electron chi connectivity index (χ3n) is 4.07. The predicted octanol–water partition coefficient (Wildman–Crippen LogP) is 1.12. The smallest absolute Gasteiger partial charge is 0.236 e. The Bertz CT molecular complexity index is 291. The van der Waals surface area contributed by atoms with Gasteiger partial charge < -0.3 is 10.6 Å². The van der Waals surface area contributed by atoms with E-state index in [-0.39, 0.29) is 11.9 Å². The molecule has 2 fully saturated rings. The van der Waals surface area contributed by atoms with Gasteiger partial charge in [0.1, 0.15) is 0 Å². The Labute approximate surface area is 110 Å². The molecular formula is C14H27N3O. The lowest BCUT2D eigenvalue weighted by molar-refractivity contribution is -0.122. The maximum Gasteiger partial charge on any atom is 0.236 e. The first-order valence-corrected chi connectivity index (χ1v) is 7.41. The van der Waals surface area contributed by atoms with Crippen molar-refractivity contribution >= 4 is 5.91 Å². The molecule has 1 heterocycles. The predicted molar refractivity (Wildman–Crippen MR) is 73.5 cm³/mol. The molecule has 0 aromatic heterocycles. The molecule has 0 radical (unpaired) electrons. The van der Waals surface area contributed by atoms with Gasteiger partial charge in [0.25, 0.3) is 0 Å². The Hall–Kier alpha value is -0.610. The molecule has 1 aliphatic heterocycles. The van der Waals surface area contributed by atoms with Crippen LogP contribution >= 0.6 is 0 Å². The number of nitrogens with zero attached hydrogens (tertiary/aromatic N) is 1. The van der Waals surface area contributed by atoms with Gasteiger partial charge in [-0.3, -0.25) is 9.69 Å². The van der Waals surface area contributed by atoms with Crippen molar-refractivity contribution in [2.75, 3.05) is 13.1 Å². The van der Waals surface area contributed by atoms with E-state index in [1.54, 1.807) is 0 Å². The second-order valence-electron chi connectivity index (χ2n) is 5.89. The minimum Gasteiger partial charge on any atom is -0.355 e. The Morgan fingerprint density at radius 1 is 1.44 bits per heavy atom. The minimum atomic E-state index is -0.0760. The van der Waals surface area contributed by atoms with E-state index in [0.717, 1.165) is 25.6 Å². The molecule has 1 saturated carbocycles. The van der Waals surface area contributed by atoms with E-state index in [1.165, 1.54) is 19.3 Å². The molecule has 3 unspecified atom stereocenters. The maximum atomic E-state index is 11.8. The SMILES string of the molecule is CCCNC(=O)C(C)NC1CC(C)N(C2CC2)C1. The number of carbonyl (C=O) groups is 1. The molecule has 18 heavy (non-hydrogen) atoms. The van der Waals surface area contributed by atoms with Crippen molar-refractivity contribution < 1.29 is 4.79 Å². The van der Waals surface area contributed by atoms with Crippen molar-refractivity contribution in [3.05, 3.63) is 0 Å². The van der Waals surface area contributed by atoms with Crippen LogP contribution in [0, 0.1) is 0 Å². The van der Waals surface area contributed by atoms with Gasteiger partial charge in [-0.1, -0.05) is 6.92 Å². The minimum absolute atomic E-state index is 0.0760. The van der Waals surface area contributed by atoms with Crippen LogP contribution in [0.1, 0.15) is 46.5 Å². The average molecular weight is 253 g/mol. The van der Waals surface area contributed by atoms with Gasteiger partial charge in [0.05, 0.1) is 6.04 Å². The quantitative estimate of drug-likeness (QED) is 0.745. The molecule has 0 aromatic carbocycles. The zero-order valence-electron chi connectivity index (χ0n) is 11.9. The Morgan fingerprint density at radius 2 is 2.17 bits per heavy atom. The third kappa shape index (κ3) is 3.45. The van der Waals surface area contributed by atoms with E-state index in [9.17, 15) is 4.79 Å². The van der Waals surface area contributed by atoms with Crippen molar-refractivity contribution in [3.63, 3.8) is 0 Å². The lowest BCUT2D eigenvalue weighted by atomic mass is 10.1. The van der Waals surface area contributed by atoms with Crippen LogP contribution in [0.3, 0.4) is 0 Å². The van der Waals surface area contributed by atoms with Crippen LogP contribution in [0.2, 0.25) is 0 Å². The van der Waals surface area contributed by atoms with Crippen molar-refractivity contribution in [3.8, 4) is 0 Å². The summed E-state index contributed by atoms with van der Waals surface area (Å²) in [6.07, 6.45) is 4.89. The normalized spacial score (nSPS) is 30.4. The maximum absolute atomic E-state index is 11.8. The third-order valence-corrected chi connectivity index (χ3v) is 4.07. The largest absolute Gasteiger partial charge is 0.355 e. The second kappa shape index (κ2) is 6.02. The number of rotatable bonds is 6. The summed E-state index contributed by atoms with van der Waals surface area (Å²) in [6, 6.07) is 1.90. The van der Waals surface area contributed by atoms with Crippen LogP contribution < -0.4 is 10.6 Å². The lowest BCUT2D eigenvalue weighted by Crippen LogP contribution is -2.47. The molecule has 4 nitrogen and oxygen atoms in total. The first-order valence-electron chi connectivity index (χ1n) is 7.41. The van der Waals surface area contributed by atoms with Crippen molar-refractivity contribution in [2.45, 2.75) is 70.6 Å². The van der Waals surface area contributed by atoms with Gasteiger partial charge in [-0.15, -0.1) is 0 Å². The van der Waals surface area contributed by atoms with Gasteiger partial charge >= 0.3 is 0 Å². The molecule has 0 spiro atoms. The van der Waals surface area contributed by atoms with Gasteiger partial charge in [-0.2, -0.15) is 0 Å². The standard InChI is InChI=1S/C14H27N3O/c1-4-7-15-14(18)11(3)16-12-8-10(2)17(9-12)13-5-6-13/h10-13,16H,4-9H2,1-3H3,(H,15,18). The highest BCUT2D eigenvalue weighted by atomic mass is 16.2. The number of hydrogen-bond donors (Lipinski definition) is 2. The summed E-state index contributed by atoms with van der Waals surface area (Å²) in [5.41, 5.74) is 0. The Kier molecular flexibility index (Phi) is 4.62. The van der Waals surface area contributed by atoms with E-state index in [2.05, 4.69) is 29.4 Å². The van der Waals surface area contributed by atoms with Crippen LogP contribution in [-0.4, -0.2) is 48.1 Å². The fourth-order valence-electron chi connectivity index (χ4n) is 2.92. The summed E-state index contributed by atoms with van der Waals surface area (Å²) in [5.74, 6) is 0.134. The summed E-state index contributed by atoms with van der Waals surface area (Å²) in [4.78, 5) is 14.4. The van der Waals surface area contributed by atoms with Gasteiger partial charge in [0.15, 0.2) is 0 Å². The first-order chi connectivity index (χ1) is 8.61. The number of amides is 1. The topological polar surface area (TPSA) is 44.4 Å². The monoisotopic (exact) mass is 253 g/mol. The number of carbonyl (C=O) groups excluding carboxylic acids is 1. The molecule has 2 rings (SSSR count). The molecule has 1 aliphatic carbocycles. The fourth-order valence-corrected chi connectivity index (χ4v) is 2.92. The summed E-state index contributed by atoms with van der Waals surface area (Å²) in [5, 5.41) is 6.43. The van der Waals surface area contributed by atoms with E-state index >= 15 is 0 Å². The molecular weight excluding hydrogens is 226 g/mol. The molecule has 1 saturated heterocycles. The highest BCUT2D eigenvalue weighted by Crippen LogP contribution is 2.33. The number of hydrogen-bond acceptors (Lipinski definition) is 3. The summed E-state index contributed by atoms with van der Waals surface area (Å²) >= 11 is 0. The number of nitrogens with one attached hydrogen (secondary N) is 2. The first kappa shape index (κ1) is 13.8. The molecule has 1 amide bonds. The zero-order chi connectivity index (χ0) is 13.1. The molecule has 0 bridgehead atoms. The van der Waals surface area contributed by atoms with E-state index in [1.807, 2.05) is 6.92 Å². The second-order valence-corrected chi connectivity index (χ2v) is 5.89. The summed E-state index contributed by atoms with van der Waals surface area (Å²) < 4.78 is 0. The molecule has 104 valence electrons. The average Bonchev–Trinajstić information content (AvgIpc) is 3.11. The van der Waals surface area contributed by atoms with Gasteiger partial charge in [-0.25, -0.2) is 0 Å². The lowest BCUT2D eigenvalue weighted by Gasteiger charge is -2.21. The Morgan fingerprint density at radius 3 is 2.78 bits per heavy atom. The highest BCUT2D eigenvalue weighted by molar-refractivity contribution is 5.81. The van der Waals surface area contributed by atoms with E-state index < -0.39 is 0 Å². The Balaban J connectivity index is 1.74. The van der Waals surface area contributed by atoms with Gasteiger partial charge in [-0.05, 0) is 39.5 Å². The molecule has 2 N–H and O–H groups in total. The van der Waals surface area contributed by atoms with E-state index in [0.29, 0.717) is 12.1 Å². The van der Waals surface area contributed by atoms with Crippen molar-refractivity contribution in [2.24, 2.45) is 0 Å². The van der Waals surface area contributed by atoms with Gasteiger partial charge in [0, 0.05) is 31.2 Å². The highest BCUT2D eigenvalue weighted by Gasteiger charge is 2.39. The number of likely N-dealkylation sites (tertiary alicyclic amines) is 1. The molecule has 0 aromatic rings. The van der Waals surface area contributed by atoms with Crippen LogP contribution in [-0.2, 0) is 4.79 Å². The fraction of sp³-hybridized carbons (Fsp3) is 0.929. The molecule has 3 atom stereocenters. The van der Waals surface area contributed by atoms with Gasteiger partial charge in [0.2, 0.25) is 5.91 Å². The van der Waals surface area contributed by atoms with Crippen LogP contribution in [0.5, 0.6) is 0 Å².